The van der Waals surface area contributed by atoms with Crippen molar-refractivity contribution in [3.05, 3.63) is 29.8 Å². The first-order valence-electron chi connectivity index (χ1n) is 8.45. The summed E-state index contributed by atoms with van der Waals surface area (Å²) in [5.41, 5.74) is 1.17. The number of carbonyl (C=O) groups is 2. The van der Waals surface area contributed by atoms with Gasteiger partial charge in [0.05, 0.1) is 13.0 Å². The van der Waals surface area contributed by atoms with E-state index in [1.807, 2.05) is 23.1 Å². The van der Waals surface area contributed by atoms with Crippen LogP contribution in [0.2, 0.25) is 0 Å². The van der Waals surface area contributed by atoms with E-state index >= 15 is 0 Å². The molecule has 0 aliphatic carbocycles. The molecule has 1 aromatic carbocycles. The fourth-order valence-electron chi connectivity index (χ4n) is 3.49. The maximum Gasteiger partial charge on any atom is 0.228 e. The Morgan fingerprint density at radius 3 is 2.54 bits per heavy atom. The second-order valence-corrected chi connectivity index (χ2v) is 6.59. The Kier molecular flexibility index (Phi) is 5.04. The summed E-state index contributed by atoms with van der Waals surface area (Å²) >= 11 is 0. The minimum atomic E-state index is -0.164. The molecular formula is C18H25N3O3. The summed E-state index contributed by atoms with van der Waals surface area (Å²) < 4.78 is 5.41. The van der Waals surface area contributed by atoms with Crippen LogP contribution in [0.1, 0.15) is 12.0 Å². The van der Waals surface area contributed by atoms with Crippen molar-refractivity contribution in [1.29, 1.82) is 0 Å². The van der Waals surface area contributed by atoms with Crippen molar-refractivity contribution in [2.24, 2.45) is 5.92 Å². The van der Waals surface area contributed by atoms with Crippen molar-refractivity contribution in [1.82, 2.24) is 14.7 Å². The molecule has 24 heavy (non-hydrogen) atoms. The summed E-state index contributed by atoms with van der Waals surface area (Å²) in [7, 11) is 3.45. The fourth-order valence-corrected chi connectivity index (χ4v) is 3.49. The Labute approximate surface area is 143 Å². The largest absolute Gasteiger partial charge is 0.496 e. The summed E-state index contributed by atoms with van der Waals surface area (Å²) in [6.07, 6.45) is 0.358. The third-order valence-electron chi connectivity index (χ3n) is 4.96. The fraction of sp³-hybridized carbons (Fsp3) is 0.556. The van der Waals surface area contributed by atoms with Gasteiger partial charge in [0.15, 0.2) is 0 Å². The Morgan fingerprint density at radius 1 is 1.21 bits per heavy atom. The van der Waals surface area contributed by atoms with Gasteiger partial charge in [0.2, 0.25) is 11.8 Å². The highest BCUT2D eigenvalue weighted by atomic mass is 16.5. The third kappa shape index (κ3) is 3.53. The van der Waals surface area contributed by atoms with Crippen LogP contribution in [0.25, 0.3) is 0 Å². The lowest BCUT2D eigenvalue weighted by molar-refractivity contribution is -0.137. The Hall–Kier alpha value is -2.08. The minimum absolute atomic E-state index is 0.0724. The van der Waals surface area contributed by atoms with Crippen molar-refractivity contribution in [2.75, 3.05) is 46.9 Å². The van der Waals surface area contributed by atoms with Gasteiger partial charge in [-0.2, -0.15) is 0 Å². The average Bonchev–Trinajstić information content (AvgIpc) is 2.94. The lowest BCUT2D eigenvalue weighted by atomic mass is 10.1. The van der Waals surface area contributed by atoms with Crippen molar-refractivity contribution in [3.63, 3.8) is 0 Å². The van der Waals surface area contributed by atoms with Crippen LogP contribution in [-0.2, 0) is 16.1 Å². The molecule has 2 saturated heterocycles. The number of piperazine rings is 1. The van der Waals surface area contributed by atoms with Crippen LogP contribution in [0.3, 0.4) is 0 Å². The lowest BCUT2D eigenvalue weighted by Gasteiger charge is -2.36. The van der Waals surface area contributed by atoms with Gasteiger partial charge in [0.1, 0.15) is 5.75 Å². The molecule has 0 saturated carbocycles. The number of ether oxygens (including phenoxy) is 1. The number of rotatable bonds is 4. The number of benzene rings is 1. The van der Waals surface area contributed by atoms with E-state index in [0.29, 0.717) is 13.0 Å². The average molecular weight is 331 g/mol. The van der Waals surface area contributed by atoms with Gasteiger partial charge in [-0.05, 0) is 6.07 Å². The van der Waals surface area contributed by atoms with Crippen LogP contribution in [0.15, 0.2) is 24.3 Å². The van der Waals surface area contributed by atoms with E-state index in [-0.39, 0.29) is 17.7 Å². The normalized spacial score (nSPS) is 22.1. The monoisotopic (exact) mass is 331 g/mol. The molecule has 2 amide bonds. The molecule has 6 nitrogen and oxygen atoms in total. The Balaban J connectivity index is 1.52. The summed E-state index contributed by atoms with van der Waals surface area (Å²) in [6, 6.07) is 8.04. The summed E-state index contributed by atoms with van der Waals surface area (Å²) in [4.78, 5) is 30.1. The zero-order valence-corrected chi connectivity index (χ0v) is 14.4. The third-order valence-corrected chi connectivity index (χ3v) is 4.96. The molecule has 0 bridgehead atoms. The molecular weight excluding hydrogens is 306 g/mol. The maximum absolute atomic E-state index is 12.6. The Bertz CT molecular complexity index is 611. The topological polar surface area (TPSA) is 53.1 Å². The molecule has 0 N–H and O–H groups in total. The predicted octanol–water partition coefficient (Wildman–Crippen LogP) is 0.818. The number of carbonyl (C=O) groups excluding carboxylic acids is 2. The van der Waals surface area contributed by atoms with Gasteiger partial charge in [-0.25, -0.2) is 0 Å². The van der Waals surface area contributed by atoms with Gasteiger partial charge < -0.3 is 14.5 Å². The number of hydrogen-bond acceptors (Lipinski definition) is 4. The van der Waals surface area contributed by atoms with Gasteiger partial charge in [0.25, 0.3) is 0 Å². The second-order valence-electron chi connectivity index (χ2n) is 6.59. The van der Waals surface area contributed by atoms with Crippen molar-refractivity contribution in [3.8, 4) is 5.75 Å². The van der Waals surface area contributed by atoms with Crippen LogP contribution in [0.4, 0.5) is 0 Å². The van der Waals surface area contributed by atoms with Crippen LogP contribution >= 0.6 is 0 Å². The highest BCUT2D eigenvalue weighted by Gasteiger charge is 2.35. The van der Waals surface area contributed by atoms with E-state index in [1.165, 1.54) is 5.56 Å². The highest BCUT2D eigenvalue weighted by Crippen LogP contribution is 2.22. The lowest BCUT2D eigenvalue weighted by Crippen LogP contribution is -2.50. The first-order chi connectivity index (χ1) is 11.6. The molecule has 0 spiro atoms. The molecule has 0 radical (unpaired) electrons. The number of nitrogens with zero attached hydrogens (tertiary/aromatic N) is 3. The van der Waals surface area contributed by atoms with Gasteiger partial charge >= 0.3 is 0 Å². The van der Waals surface area contributed by atoms with Crippen LogP contribution in [0, 0.1) is 5.92 Å². The summed E-state index contributed by atoms with van der Waals surface area (Å²) in [6.45, 7) is 4.53. The second kappa shape index (κ2) is 7.21. The van der Waals surface area contributed by atoms with Gasteiger partial charge in [0, 0.05) is 58.3 Å². The van der Waals surface area contributed by atoms with Gasteiger partial charge in [-0.3, -0.25) is 14.5 Å². The summed E-state index contributed by atoms with van der Waals surface area (Å²) in [5, 5.41) is 0. The smallest absolute Gasteiger partial charge is 0.228 e. The quantitative estimate of drug-likeness (QED) is 0.820. The molecule has 2 aliphatic rings. The molecule has 130 valence electrons. The predicted molar refractivity (Wildman–Crippen MR) is 90.6 cm³/mol. The van der Waals surface area contributed by atoms with Crippen molar-refractivity contribution < 1.29 is 14.3 Å². The van der Waals surface area contributed by atoms with E-state index in [1.54, 1.807) is 19.1 Å². The molecule has 3 rings (SSSR count). The Morgan fingerprint density at radius 2 is 1.92 bits per heavy atom. The zero-order valence-electron chi connectivity index (χ0n) is 14.4. The van der Waals surface area contributed by atoms with Gasteiger partial charge in [-0.1, -0.05) is 18.2 Å². The number of amides is 2. The number of hydrogen-bond donors (Lipinski definition) is 0. The molecule has 1 aromatic rings. The number of likely N-dealkylation sites (tertiary alicyclic amines) is 1. The van der Waals surface area contributed by atoms with E-state index in [4.69, 9.17) is 4.74 Å². The maximum atomic E-state index is 12.6. The number of para-hydroxylation sites is 1. The summed E-state index contributed by atoms with van der Waals surface area (Å²) in [5.74, 6) is 0.944. The SMILES string of the molecule is COc1ccccc1CN1CCN(C(=O)C2CC(=O)N(C)C2)CC1. The van der Waals surface area contributed by atoms with Crippen molar-refractivity contribution in [2.45, 2.75) is 13.0 Å². The first kappa shape index (κ1) is 16.8. The van der Waals surface area contributed by atoms with E-state index in [0.717, 1.165) is 38.5 Å². The van der Waals surface area contributed by atoms with E-state index in [9.17, 15) is 9.59 Å². The minimum Gasteiger partial charge on any atom is -0.496 e. The molecule has 2 fully saturated rings. The standard InChI is InChI=1S/C18H25N3O3/c1-19-12-15(11-17(19)22)18(23)21-9-7-20(8-10-21)13-14-5-3-4-6-16(14)24-2/h3-6,15H,7-13H2,1-2H3. The molecule has 1 unspecified atom stereocenters. The van der Waals surface area contributed by atoms with E-state index in [2.05, 4.69) is 11.0 Å². The highest BCUT2D eigenvalue weighted by molar-refractivity contribution is 5.89. The number of methoxy groups -OCH3 is 1. The molecule has 6 heteroatoms. The molecule has 0 aromatic heterocycles. The van der Waals surface area contributed by atoms with Crippen molar-refractivity contribution >= 4 is 11.8 Å². The first-order valence-corrected chi connectivity index (χ1v) is 8.45. The van der Waals surface area contributed by atoms with Crippen LogP contribution in [0.5, 0.6) is 5.75 Å². The molecule has 2 heterocycles. The van der Waals surface area contributed by atoms with Crippen LogP contribution < -0.4 is 4.74 Å². The molecule has 1 atom stereocenters. The van der Waals surface area contributed by atoms with Gasteiger partial charge in [-0.15, -0.1) is 0 Å². The molecule has 2 aliphatic heterocycles. The van der Waals surface area contributed by atoms with E-state index < -0.39 is 0 Å². The zero-order chi connectivity index (χ0) is 17.1. The van der Waals surface area contributed by atoms with Crippen LogP contribution in [-0.4, -0.2) is 73.4 Å².